The quantitative estimate of drug-likeness (QED) is 0.0230. The van der Waals surface area contributed by atoms with E-state index >= 15 is 0 Å². The van der Waals surface area contributed by atoms with Crippen LogP contribution < -0.4 is 19.1 Å². The normalized spacial score (nSPS) is 11.7. The lowest BCUT2D eigenvalue weighted by Crippen LogP contribution is -2.21. The molecule has 402 valence electrons. The van der Waals surface area contributed by atoms with E-state index in [0.717, 1.165) is 88.5 Å². The van der Waals surface area contributed by atoms with Crippen LogP contribution in [0, 0.1) is 11.8 Å². The summed E-state index contributed by atoms with van der Waals surface area (Å²) in [6.45, 7) is 18.1. The lowest BCUT2D eigenvalue weighted by molar-refractivity contribution is 0.0495. The van der Waals surface area contributed by atoms with Gasteiger partial charge in [0.15, 0.2) is 23.3 Å². The maximum absolute atomic E-state index is 13.0. The highest BCUT2D eigenvalue weighted by atomic mass is 16.5. The summed E-state index contributed by atoms with van der Waals surface area (Å²) in [5.41, 5.74) is 3.08. The zero-order chi connectivity index (χ0) is 54.1. The number of ether oxygens (including phenoxy) is 4. The Labute approximate surface area is 445 Å². The van der Waals surface area contributed by atoms with Gasteiger partial charge in [0, 0.05) is 48.1 Å². The predicted octanol–water partition coefficient (Wildman–Crippen LogP) is 14.7. The first-order chi connectivity index (χ1) is 36.4. The molecule has 13 heteroatoms. The number of aromatic nitrogens is 3. The smallest absolute Gasteiger partial charge is 0.338 e. The number of hydrogen-bond acceptors (Lipinski definition) is 13. The molecule has 0 radical (unpaired) electrons. The van der Waals surface area contributed by atoms with E-state index in [2.05, 4.69) is 39.5 Å². The zero-order valence-corrected chi connectivity index (χ0v) is 45.6. The summed E-state index contributed by atoms with van der Waals surface area (Å²) in [4.78, 5) is 41.8. The van der Waals surface area contributed by atoms with Crippen molar-refractivity contribution >= 4 is 17.4 Å². The Morgan fingerprint density at radius 1 is 0.533 bits per heavy atom. The number of carbonyl (C=O) groups is 2. The second-order valence-corrected chi connectivity index (χ2v) is 18.8. The van der Waals surface area contributed by atoms with E-state index in [9.17, 15) is 24.9 Å². The number of benzene rings is 5. The third-order valence-electron chi connectivity index (χ3n) is 13.4. The molecule has 0 aliphatic heterocycles. The number of carbonyl (C=O) groups excluding carboxylic acids is 2. The van der Waals surface area contributed by atoms with Gasteiger partial charge in [-0.25, -0.2) is 19.7 Å². The monoisotopic (exact) mass is 1020 g/mol. The number of rotatable bonds is 29. The Hall–Kier alpha value is -7.15. The molecule has 2 atom stereocenters. The lowest BCUT2D eigenvalue weighted by atomic mass is 9.97. The number of esters is 1. The minimum Gasteiger partial charge on any atom is -0.507 e. The lowest BCUT2D eigenvalue weighted by Gasteiger charge is -2.21. The van der Waals surface area contributed by atoms with Crippen LogP contribution in [-0.4, -0.2) is 82.0 Å². The summed E-state index contributed by atoms with van der Waals surface area (Å²) in [7, 11) is 1.61. The average molecular weight is 1030 g/mol. The standard InChI is InChI=1S/C38H49N3O5.C24H31NO4/c1-6-10-12-26(8-3)24-45-30-18-20-32(34(42)22-30)37-39-36(28-14-16-29(44-5)17-15-28)40-38(41-37)33-21-19-31(23-35(33)43)46-25-27(9-4)13-11-7-2;1-4-7-8-11-16-29-24(28)20-13-10-9-12-19(20)23(27)21-15-14-18(17-22(21)26)25(5-2)6-3/h14-23,26-27,42-43H,6-13,24-25H2,1-5H3;9-10,12-15,17,26H,4-8,11,16H2,1-3H3. The van der Waals surface area contributed by atoms with E-state index in [1.165, 1.54) is 12.8 Å². The minimum atomic E-state index is -0.510. The van der Waals surface area contributed by atoms with Gasteiger partial charge in [0.25, 0.3) is 0 Å². The van der Waals surface area contributed by atoms with Gasteiger partial charge in [0.05, 0.1) is 49.2 Å². The Morgan fingerprint density at radius 2 is 1.05 bits per heavy atom. The van der Waals surface area contributed by atoms with Gasteiger partial charge in [-0.15, -0.1) is 0 Å². The van der Waals surface area contributed by atoms with E-state index < -0.39 is 11.8 Å². The molecule has 0 bridgehead atoms. The molecule has 1 aromatic heterocycles. The van der Waals surface area contributed by atoms with E-state index in [1.54, 1.807) is 67.8 Å². The molecule has 0 amide bonds. The number of aromatic hydroxyl groups is 3. The Morgan fingerprint density at radius 3 is 1.53 bits per heavy atom. The van der Waals surface area contributed by atoms with Crippen LogP contribution in [0.4, 0.5) is 5.69 Å². The highest BCUT2D eigenvalue weighted by Gasteiger charge is 2.23. The van der Waals surface area contributed by atoms with Gasteiger partial charge in [-0.1, -0.05) is 111 Å². The Bertz CT molecular complexity index is 2620. The molecule has 6 rings (SSSR count). The van der Waals surface area contributed by atoms with Gasteiger partial charge in [0.2, 0.25) is 0 Å². The van der Waals surface area contributed by atoms with E-state index in [0.29, 0.717) is 65.9 Å². The van der Waals surface area contributed by atoms with Gasteiger partial charge >= 0.3 is 5.97 Å². The van der Waals surface area contributed by atoms with Crippen LogP contribution in [0.2, 0.25) is 0 Å². The van der Waals surface area contributed by atoms with Crippen LogP contribution in [0.25, 0.3) is 34.2 Å². The van der Waals surface area contributed by atoms with Crippen molar-refractivity contribution in [2.45, 2.75) is 126 Å². The number of phenolic OH excluding ortho intramolecular Hbond substituents is 3. The molecule has 13 nitrogen and oxygen atoms in total. The molecule has 0 saturated carbocycles. The van der Waals surface area contributed by atoms with Gasteiger partial charge in [-0.05, 0) is 112 Å². The highest BCUT2D eigenvalue weighted by Crippen LogP contribution is 2.37. The van der Waals surface area contributed by atoms with E-state index in [1.807, 2.05) is 56.3 Å². The first-order valence-electron chi connectivity index (χ1n) is 27.1. The maximum Gasteiger partial charge on any atom is 0.338 e. The first-order valence-corrected chi connectivity index (χ1v) is 27.1. The largest absolute Gasteiger partial charge is 0.507 e. The molecule has 0 aliphatic rings. The number of anilines is 1. The second-order valence-electron chi connectivity index (χ2n) is 18.8. The van der Waals surface area contributed by atoms with E-state index in [-0.39, 0.29) is 45.6 Å². The summed E-state index contributed by atoms with van der Waals surface area (Å²) in [6, 6.07) is 29.4. The fraction of sp³-hybridized carbons (Fsp3) is 0.435. The van der Waals surface area contributed by atoms with Crippen LogP contribution in [-0.2, 0) is 4.74 Å². The topological polar surface area (TPSA) is 174 Å². The summed E-state index contributed by atoms with van der Waals surface area (Å²) < 4.78 is 22.8. The third-order valence-corrected chi connectivity index (χ3v) is 13.4. The Balaban J connectivity index is 0.000000308. The van der Waals surface area contributed by atoms with Gasteiger partial charge in [0.1, 0.15) is 34.5 Å². The molecule has 0 spiro atoms. The molecule has 75 heavy (non-hydrogen) atoms. The van der Waals surface area contributed by atoms with Crippen LogP contribution in [0.15, 0.2) is 103 Å². The van der Waals surface area contributed by atoms with Crippen LogP contribution >= 0.6 is 0 Å². The SMILES string of the molecule is CCCCC(CC)COc1ccc(-c2nc(-c3ccc(OC)cc3)nc(-c3ccc(OCC(CC)CCCC)cc3O)n2)c(O)c1.CCCCCCOC(=O)c1ccccc1C(=O)c1ccc(N(CC)CC)cc1O. The second kappa shape index (κ2) is 30.9. The number of ketones is 1. The zero-order valence-electron chi connectivity index (χ0n) is 45.6. The van der Waals surface area contributed by atoms with Crippen molar-refractivity contribution in [3.63, 3.8) is 0 Å². The van der Waals surface area contributed by atoms with Crippen molar-refractivity contribution in [2.75, 3.05) is 44.9 Å². The van der Waals surface area contributed by atoms with Gasteiger partial charge in [-0.3, -0.25) is 4.79 Å². The Kier molecular flexibility index (Phi) is 24.2. The highest BCUT2D eigenvalue weighted by molar-refractivity contribution is 6.15. The molecule has 5 aromatic carbocycles. The molecule has 0 fully saturated rings. The van der Waals surface area contributed by atoms with Crippen LogP contribution in [0.1, 0.15) is 152 Å². The predicted molar refractivity (Wildman–Crippen MR) is 300 cm³/mol. The molecule has 6 aromatic rings. The third kappa shape index (κ3) is 17.2. The number of phenols is 3. The summed E-state index contributed by atoms with van der Waals surface area (Å²) in [5, 5.41) is 32.7. The van der Waals surface area contributed by atoms with Crippen LogP contribution in [0.5, 0.6) is 34.5 Å². The minimum absolute atomic E-state index is 0.00143. The molecule has 0 aliphatic carbocycles. The molecular weight excluding hydrogens is 945 g/mol. The first kappa shape index (κ1) is 58.7. The van der Waals surface area contributed by atoms with Gasteiger partial charge in [-0.2, -0.15) is 0 Å². The number of nitrogens with zero attached hydrogens (tertiary/aromatic N) is 4. The van der Waals surface area contributed by atoms with Crippen molar-refractivity contribution < 1.29 is 43.9 Å². The number of hydrogen-bond donors (Lipinski definition) is 3. The van der Waals surface area contributed by atoms with Crippen molar-refractivity contribution in [2.24, 2.45) is 11.8 Å². The van der Waals surface area contributed by atoms with Gasteiger partial charge < -0.3 is 39.2 Å². The fourth-order valence-corrected chi connectivity index (χ4v) is 8.56. The average Bonchev–Trinajstić information content (AvgIpc) is 3.43. The molecular formula is C62H80N4O9. The summed E-state index contributed by atoms with van der Waals surface area (Å²) in [5.74, 6) is 2.77. The number of unbranched alkanes of at least 4 members (excludes halogenated alkanes) is 5. The fourth-order valence-electron chi connectivity index (χ4n) is 8.56. The van der Waals surface area contributed by atoms with Crippen molar-refractivity contribution in [1.29, 1.82) is 0 Å². The van der Waals surface area contributed by atoms with Crippen molar-refractivity contribution in [3.05, 3.63) is 120 Å². The summed E-state index contributed by atoms with van der Waals surface area (Å²) >= 11 is 0. The van der Waals surface area contributed by atoms with Crippen LogP contribution in [0.3, 0.4) is 0 Å². The molecule has 2 unspecified atom stereocenters. The molecule has 0 saturated heterocycles. The van der Waals surface area contributed by atoms with Crippen molar-refractivity contribution in [3.8, 4) is 68.7 Å². The molecule has 1 heterocycles. The summed E-state index contributed by atoms with van der Waals surface area (Å²) in [6.07, 6.45) is 13.0. The maximum atomic E-state index is 13.0. The number of methoxy groups -OCH3 is 1. The van der Waals surface area contributed by atoms with Crippen molar-refractivity contribution in [1.82, 2.24) is 15.0 Å². The van der Waals surface area contributed by atoms with E-state index in [4.69, 9.17) is 33.9 Å². The molecule has 3 N–H and O–H groups in total.